The number of hydrogen-bond donors (Lipinski definition) is 1. The van der Waals surface area contributed by atoms with Crippen molar-refractivity contribution >= 4 is 21.4 Å². The monoisotopic (exact) mass is 286 g/mol. The number of sulfonamides is 1. The Morgan fingerprint density at radius 2 is 1.89 bits per heavy atom. The van der Waals surface area contributed by atoms with E-state index in [2.05, 4.69) is 0 Å². The van der Waals surface area contributed by atoms with E-state index in [-0.39, 0.29) is 18.1 Å². The summed E-state index contributed by atoms with van der Waals surface area (Å²) >= 11 is 1.36. The van der Waals surface area contributed by atoms with Crippen LogP contribution in [0.3, 0.4) is 0 Å². The van der Waals surface area contributed by atoms with Crippen molar-refractivity contribution in [1.29, 1.82) is 0 Å². The lowest BCUT2D eigenvalue weighted by atomic mass is 10.0. The van der Waals surface area contributed by atoms with E-state index in [9.17, 15) is 8.42 Å². The minimum absolute atomic E-state index is 0.117. The van der Waals surface area contributed by atoms with Crippen molar-refractivity contribution in [2.75, 3.05) is 0 Å². The van der Waals surface area contributed by atoms with Gasteiger partial charge in [-0.05, 0) is 44.7 Å². The summed E-state index contributed by atoms with van der Waals surface area (Å²) in [6.07, 6.45) is 3.53. The van der Waals surface area contributed by atoms with E-state index in [1.54, 1.807) is 10.4 Å². The lowest BCUT2D eigenvalue weighted by Crippen LogP contribution is -2.49. The first-order chi connectivity index (χ1) is 8.48. The summed E-state index contributed by atoms with van der Waals surface area (Å²) in [7, 11) is -3.30. The summed E-state index contributed by atoms with van der Waals surface area (Å²) in [6.45, 7) is 1.93. The molecule has 0 spiro atoms. The SMILES string of the molecule is Cc1ccc(S(=O)(=O)N2C3CCC2CC(N)C3)s1. The normalized spacial score (nSPS) is 32.9. The second kappa shape index (κ2) is 4.30. The third kappa shape index (κ3) is 1.91. The van der Waals surface area contributed by atoms with Gasteiger partial charge in [0.2, 0.25) is 0 Å². The summed E-state index contributed by atoms with van der Waals surface area (Å²) in [5, 5.41) is 0. The zero-order chi connectivity index (χ0) is 12.9. The molecule has 4 nitrogen and oxygen atoms in total. The van der Waals surface area contributed by atoms with E-state index in [0.717, 1.165) is 30.6 Å². The van der Waals surface area contributed by atoms with E-state index >= 15 is 0 Å². The molecule has 3 rings (SSSR count). The van der Waals surface area contributed by atoms with Gasteiger partial charge in [-0.2, -0.15) is 4.31 Å². The maximum Gasteiger partial charge on any atom is 0.253 e. The molecule has 2 saturated heterocycles. The predicted octanol–water partition coefficient (Wildman–Crippen LogP) is 1.70. The van der Waals surface area contributed by atoms with Crippen LogP contribution in [0, 0.1) is 6.92 Å². The third-order valence-corrected chi connectivity index (χ3v) is 7.42. The van der Waals surface area contributed by atoms with Crippen LogP contribution in [0.1, 0.15) is 30.6 Å². The Morgan fingerprint density at radius 3 is 2.39 bits per heavy atom. The van der Waals surface area contributed by atoms with Gasteiger partial charge in [-0.25, -0.2) is 8.42 Å². The highest BCUT2D eigenvalue weighted by molar-refractivity contribution is 7.91. The van der Waals surface area contributed by atoms with Gasteiger partial charge in [-0.3, -0.25) is 0 Å². The Kier molecular flexibility index (Phi) is 3.01. The number of nitrogens with two attached hydrogens (primary N) is 1. The fraction of sp³-hybridized carbons (Fsp3) is 0.667. The number of thiophene rings is 1. The second-order valence-corrected chi connectivity index (χ2v) is 8.67. The summed E-state index contributed by atoms with van der Waals surface area (Å²) in [4.78, 5) is 1.04. The second-order valence-electron chi connectivity index (χ2n) is 5.32. The van der Waals surface area contributed by atoms with Crippen molar-refractivity contribution in [2.45, 2.75) is 54.9 Å². The summed E-state index contributed by atoms with van der Waals surface area (Å²) < 4.78 is 27.5. The molecular formula is C12H18N2O2S2. The molecule has 0 aromatic carbocycles. The fourth-order valence-corrected chi connectivity index (χ4v) is 6.50. The zero-order valence-electron chi connectivity index (χ0n) is 10.4. The molecule has 0 radical (unpaired) electrons. The fourth-order valence-electron chi connectivity index (χ4n) is 3.22. The molecule has 0 aliphatic carbocycles. The number of aryl methyl sites for hydroxylation is 1. The maximum absolute atomic E-state index is 12.7. The lowest BCUT2D eigenvalue weighted by Gasteiger charge is -2.36. The molecular weight excluding hydrogens is 268 g/mol. The Balaban J connectivity index is 1.96. The quantitative estimate of drug-likeness (QED) is 0.900. The number of nitrogens with zero attached hydrogens (tertiary/aromatic N) is 1. The van der Waals surface area contributed by atoms with E-state index < -0.39 is 10.0 Å². The number of piperidine rings is 1. The van der Waals surface area contributed by atoms with Crippen LogP contribution in [0.25, 0.3) is 0 Å². The van der Waals surface area contributed by atoms with E-state index in [1.807, 2.05) is 13.0 Å². The molecule has 6 heteroatoms. The van der Waals surface area contributed by atoms with E-state index in [4.69, 9.17) is 5.73 Å². The number of hydrogen-bond acceptors (Lipinski definition) is 4. The Bertz CT molecular complexity index is 538. The smallest absolute Gasteiger partial charge is 0.253 e. The summed E-state index contributed by atoms with van der Waals surface area (Å²) in [5.74, 6) is 0. The van der Waals surface area contributed by atoms with Gasteiger partial charge in [0.05, 0.1) is 0 Å². The Morgan fingerprint density at radius 1 is 1.28 bits per heavy atom. The summed E-state index contributed by atoms with van der Waals surface area (Å²) in [6, 6.07) is 4.00. The van der Waals surface area contributed by atoms with Crippen molar-refractivity contribution < 1.29 is 8.42 Å². The van der Waals surface area contributed by atoms with Crippen molar-refractivity contribution in [3.8, 4) is 0 Å². The number of rotatable bonds is 2. The largest absolute Gasteiger partial charge is 0.328 e. The Labute approximate surface area is 112 Å². The van der Waals surface area contributed by atoms with Crippen molar-refractivity contribution in [3.05, 3.63) is 17.0 Å². The highest BCUT2D eigenvalue weighted by Gasteiger charge is 2.46. The van der Waals surface area contributed by atoms with Gasteiger partial charge >= 0.3 is 0 Å². The molecule has 18 heavy (non-hydrogen) atoms. The van der Waals surface area contributed by atoms with Crippen LogP contribution in [0.4, 0.5) is 0 Å². The topological polar surface area (TPSA) is 63.4 Å². The van der Waals surface area contributed by atoms with Crippen molar-refractivity contribution in [2.24, 2.45) is 5.73 Å². The Hall–Kier alpha value is -0.430. The molecule has 2 aliphatic heterocycles. The van der Waals surface area contributed by atoms with Gasteiger partial charge < -0.3 is 5.73 Å². The van der Waals surface area contributed by atoms with Gasteiger partial charge in [0.1, 0.15) is 4.21 Å². The van der Waals surface area contributed by atoms with E-state index in [1.165, 1.54) is 11.3 Å². The first kappa shape index (κ1) is 12.6. The maximum atomic E-state index is 12.7. The molecule has 2 unspecified atom stereocenters. The van der Waals surface area contributed by atoms with Crippen LogP contribution < -0.4 is 5.73 Å². The molecule has 2 atom stereocenters. The molecule has 2 bridgehead atoms. The van der Waals surface area contributed by atoms with Crippen LogP contribution in [0.2, 0.25) is 0 Å². The van der Waals surface area contributed by atoms with Crippen molar-refractivity contribution in [1.82, 2.24) is 4.31 Å². The standard InChI is InChI=1S/C12H18N2O2S2/c1-8-2-5-12(17-8)18(15,16)14-10-3-4-11(14)7-9(13)6-10/h2,5,9-11H,3-4,6-7,13H2,1H3. The molecule has 0 amide bonds. The van der Waals surface area contributed by atoms with Crippen LogP contribution in [0.15, 0.2) is 16.3 Å². The molecule has 2 aliphatic rings. The first-order valence-electron chi connectivity index (χ1n) is 6.34. The van der Waals surface area contributed by atoms with E-state index in [0.29, 0.717) is 4.21 Å². The van der Waals surface area contributed by atoms with Crippen LogP contribution in [-0.2, 0) is 10.0 Å². The molecule has 0 saturated carbocycles. The average molecular weight is 286 g/mol. The lowest BCUT2D eigenvalue weighted by molar-refractivity contribution is 0.227. The van der Waals surface area contributed by atoms with Crippen LogP contribution >= 0.6 is 11.3 Å². The predicted molar refractivity (Wildman–Crippen MR) is 72.1 cm³/mol. The van der Waals surface area contributed by atoms with Gasteiger partial charge in [0.25, 0.3) is 10.0 Å². The first-order valence-corrected chi connectivity index (χ1v) is 8.59. The third-order valence-electron chi connectivity index (χ3n) is 3.95. The molecule has 3 heterocycles. The summed E-state index contributed by atoms with van der Waals surface area (Å²) in [5.41, 5.74) is 5.98. The van der Waals surface area contributed by atoms with Gasteiger partial charge in [0, 0.05) is 23.0 Å². The van der Waals surface area contributed by atoms with Gasteiger partial charge in [-0.15, -0.1) is 11.3 Å². The molecule has 1 aromatic rings. The minimum atomic E-state index is -3.30. The average Bonchev–Trinajstić information content (AvgIpc) is 2.83. The highest BCUT2D eigenvalue weighted by Crippen LogP contribution is 2.40. The minimum Gasteiger partial charge on any atom is -0.328 e. The molecule has 2 N–H and O–H groups in total. The number of fused-ring (bicyclic) bond motifs is 2. The zero-order valence-corrected chi connectivity index (χ0v) is 12.0. The van der Waals surface area contributed by atoms with Gasteiger partial charge in [-0.1, -0.05) is 0 Å². The molecule has 100 valence electrons. The van der Waals surface area contributed by atoms with Crippen LogP contribution in [0.5, 0.6) is 0 Å². The van der Waals surface area contributed by atoms with Crippen LogP contribution in [-0.4, -0.2) is 30.8 Å². The van der Waals surface area contributed by atoms with Gasteiger partial charge in [0.15, 0.2) is 0 Å². The van der Waals surface area contributed by atoms with Crippen molar-refractivity contribution in [3.63, 3.8) is 0 Å². The highest BCUT2D eigenvalue weighted by atomic mass is 32.2. The molecule has 2 fully saturated rings. The molecule has 1 aromatic heterocycles.